The number of nitrogens with zero attached hydrogens (tertiary/aromatic N) is 2. The molecule has 0 radical (unpaired) electrons. The van der Waals surface area contributed by atoms with Crippen molar-refractivity contribution < 1.29 is 13.3 Å². The first-order valence-corrected chi connectivity index (χ1v) is 9.42. The Labute approximate surface area is 151 Å². The Balaban J connectivity index is 2.41. The summed E-state index contributed by atoms with van der Waals surface area (Å²) in [7, 11) is -4.03. The Morgan fingerprint density at radius 1 is 1.23 bits per heavy atom. The molecule has 2 aromatic rings. The monoisotopic (exact) mass is 376 g/mol. The number of hydrogen-bond donors (Lipinski definition) is 2. The van der Waals surface area contributed by atoms with Crippen LogP contribution in [0.1, 0.15) is 25.8 Å². The first-order chi connectivity index (χ1) is 12.2. The van der Waals surface area contributed by atoms with Gasteiger partial charge in [-0.25, -0.2) is 13.6 Å². The van der Waals surface area contributed by atoms with E-state index in [1.807, 2.05) is 44.2 Å². The van der Waals surface area contributed by atoms with Crippen molar-refractivity contribution in [2.24, 2.45) is 16.2 Å². The van der Waals surface area contributed by atoms with Gasteiger partial charge >= 0.3 is 0 Å². The van der Waals surface area contributed by atoms with E-state index in [2.05, 4.69) is 10.5 Å². The molecule has 0 atom stereocenters. The molecule has 9 heteroatoms. The summed E-state index contributed by atoms with van der Waals surface area (Å²) in [6.07, 6.45) is 0.667. The second-order valence-electron chi connectivity index (χ2n) is 6.12. The molecule has 0 fully saturated rings. The first kappa shape index (κ1) is 19.5. The molecule has 138 valence electrons. The van der Waals surface area contributed by atoms with Gasteiger partial charge in [-0.2, -0.15) is 5.10 Å². The molecule has 0 aliphatic rings. The summed E-state index contributed by atoms with van der Waals surface area (Å²) in [6, 6.07) is 12.9. The maximum atomic E-state index is 11.4. The van der Waals surface area contributed by atoms with Gasteiger partial charge in [0.15, 0.2) is 0 Å². The van der Waals surface area contributed by atoms with Crippen LogP contribution in [0.3, 0.4) is 0 Å². The van der Waals surface area contributed by atoms with Crippen molar-refractivity contribution in [2.45, 2.75) is 25.2 Å². The predicted molar refractivity (Wildman–Crippen MR) is 101 cm³/mol. The number of anilines is 1. The standard InChI is InChI=1S/C17H20N4O4S/c1-12(2)10-16(13-6-4-3-5-7-13)20-19-15-9-8-14(26(18,24)25)11-17(15)21(22)23/h3-9,11-12,19H,10H2,1-2H3,(H2,18,24,25)/b20-16+. The third kappa shape index (κ3) is 5.11. The molecule has 2 rings (SSSR count). The van der Waals surface area contributed by atoms with Crippen molar-refractivity contribution in [3.8, 4) is 0 Å². The average molecular weight is 376 g/mol. The van der Waals surface area contributed by atoms with E-state index in [1.165, 1.54) is 12.1 Å². The Kier molecular flexibility index (Phi) is 6.06. The number of benzene rings is 2. The fraction of sp³-hybridized carbons (Fsp3) is 0.235. The number of nitro groups is 1. The average Bonchev–Trinajstić information content (AvgIpc) is 2.58. The van der Waals surface area contributed by atoms with Crippen LogP contribution in [0.4, 0.5) is 11.4 Å². The lowest BCUT2D eigenvalue weighted by atomic mass is 10.0. The predicted octanol–water partition coefficient (Wildman–Crippen LogP) is 3.10. The molecule has 8 nitrogen and oxygen atoms in total. The number of nitro benzene ring substituents is 1. The van der Waals surface area contributed by atoms with E-state index in [9.17, 15) is 18.5 Å². The fourth-order valence-electron chi connectivity index (χ4n) is 2.31. The summed E-state index contributed by atoms with van der Waals surface area (Å²) in [5.41, 5.74) is 3.99. The molecule has 0 aliphatic heterocycles. The smallest absolute Gasteiger partial charge is 0.271 e. The molecule has 2 aromatic carbocycles. The van der Waals surface area contributed by atoms with Crippen LogP contribution < -0.4 is 10.6 Å². The normalized spacial score (nSPS) is 12.2. The zero-order valence-electron chi connectivity index (χ0n) is 14.4. The number of hydrazone groups is 1. The zero-order valence-corrected chi connectivity index (χ0v) is 15.2. The van der Waals surface area contributed by atoms with Gasteiger partial charge in [-0.1, -0.05) is 44.2 Å². The minimum Gasteiger partial charge on any atom is -0.271 e. The largest absolute Gasteiger partial charge is 0.295 e. The SMILES string of the molecule is CC(C)C/C(=N\Nc1ccc(S(N)(=O)=O)cc1[N+](=O)[O-])c1ccccc1. The molecule has 0 aliphatic carbocycles. The van der Waals surface area contributed by atoms with Crippen LogP contribution in [0.25, 0.3) is 0 Å². The number of rotatable bonds is 7. The van der Waals surface area contributed by atoms with E-state index >= 15 is 0 Å². The molecule has 0 aromatic heterocycles. The van der Waals surface area contributed by atoms with Gasteiger partial charge in [-0.3, -0.25) is 15.5 Å². The van der Waals surface area contributed by atoms with Crippen LogP contribution in [0, 0.1) is 16.0 Å². The second kappa shape index (κ2) is 8.07. The van der Waals surface area contributed by atoms with Gasteiger partial charge in [0.2, 0.25) is 10.0 Å². The lowest BCUT2D eigenvalue weighted by Gasteiger charge is -2.11. The van der Waals surface area contributed by atoms with Crippen molar-refractivity contribution in [3.05, 3.63) is 64.2 Å². The zero-order chi connectivity index (χ0) is 19.3. The summed E-state index contributed by atoms with van der Waals surface area (Å²) in [4.78, 5) is 10.3. The molecule has 3 N–H and O–H groups in total. The molecule has 0 unspecified atom stereocenters. The second-order valence-corrected chi connectivity index (χ2v) is 7.68. The topological polar surface area (TPSA) is 128 Å². The molecule has 0 bridgehead atoms. The summed E-state index contributed by atoms with van der Waals surface area (Å²) < 4.78 is 22.8. The highest BCUT2D eigenvalue weighted by molar-refractivity contribution is 7.89. The third-order valence-electron chi connectivity index (χ3n) is 3.51. The summed E-state index contributed by atoms with van der Waals surface area (Å²) in [5, 5.41) is 20.6. The van der Waals surface area contributed by atoms with Gasteiger partial charge < -0.3 is 0 Å². The van der Waals surface area contributed by atoms with E-state index in [4.69, 9.17) is 5.14 Å². The lowest BCUT2D eigenvalue weighted by molar-refractivity contribution is -0.384. The van der Waals surface area contributed by atoms with Crippen molar-refractivity contribution in [2.75, 3.05) is 5.43 Å². The fourth-order valence-corrected chi connectivity index (χ4v) is 2.84. The molecule has 0 heterocycles. The summed E-state index contributed by atoms with van der Waals surface area (Å²) >= 11 is 0. The number of nitrogens with one attached hydrogen (secondary N) is 1. The molecule has 0 amide bonds. The Morgan fingerprint density at radius 3 is 2.42 bits per heavy atom. The van der Waals surface area contributed by atoms with E-state index in [1.54, 1.807) is 0 Å². The highest BCUT2D eigenvalue weighted by Crippen LogP contribution is 2.27. The van der Waals surface area contributed by atoms with Crippen molar-refractivity contribution in [1.82, 2.24) is 0 Å². The van der Waals surface area contributed by atoms with Gasteiger partial charge in [0.1, 0.15) is 5.69 Å². The van der Waals surface area contributed by atoms with E-state index < -0.39 is 20.6 Å². The van der Waals surface area contributed by atoms with Gasteiger partial charge in [0, 0.05) is 6.07 Å². The highest BCUT2D eigenvalue weighted by Gasteiger charge is 2.19. The van der Waals surface area contributed by atoms with Crippen LogP contribution in [0.2, 0.25) is 0 Å². The molecule has 26 heavy (non-hydrogen) atoms. The van der Waals surface area contributed by atoms with E-state index in [0.717, 1.165) is 17.3 Å². The van der Waals surface area contributed by atoms with Crippen LogP contribution in [-0.4, -0.2) is 19.1 Å². The minimum absolute atomic E-state index is 0.0830. The summed E-state index contributed by atoms with van der Waals surface area (Å²) in [6.45, 7) is 4.09. The Hall–Kier alpha value is -2.78. The molecule has 0 saturated carbocycles. The minimum atomic E-state index is -4.03. The molecular formula is C17H20N4O4S. The summed E-state index contributed by atoms with van der Waals surface area (Å²) in [5.74, 6) is 0.329. The van der Waals surface area contributed by atoms with Crippen LogP contribution in [0.15, 0.2) is 58.5 Å². The maximum Gasteiger partial charge on any atom is 0.295 e. The van der Waals surface area contributed by atoms with Gasteiger partial charge in [0.05, 0.1) is 15.5 Å². The number of sulfonamides is 1. The lowest BCUT2D eigenvalue weighted by Crippen LogP contribution is -2.13. The molecule has 0 saturated heterocycles. The Bertz CT molecular complexity index is 925. The Morgan fingerprint density at radius 2 is 1.88 bits per heavy atom. The maximum absolute atomic E-state index is 11.4. The first-order valence-electron chi connectivity index (χ1n) is 7.87. The van der Waals surface area contributed by atoms with Crippen molar-refractivity contribution in [3.63, 3.8) is 0 Å². The molecule has 0 spiro atoms. The number of primary sulfonamides is 1. The third-order valence-corrected chi connectivity index (χ3v) is 4.43. The van der Waals surface area contributed by atoms with Crippen LogP contribution in [-0.2, 0) is 10.0 Å². The van der Waals surface area contributed by atoms with E-state index in [-0.39, 0.29) is 10.6 Å². The molecular weight excluding hydrogens is 356 g/mol. The van der Waals surface area contributed by atoms with Gasteiger partial charge in [0.25, 0.3) is 5.69 Å². The highest BCUT2D eigenvalue weighted by atomic mass is 32.2. The van der Waals surface area contributed by atoms with Crippen LogP contribution in [0.5, 0.6) is 0 Å². The number of hydrogen-bond acceptors (Lipinski definition) is 6. The quantitative estimate of drug-likeness (QED) is 0.436. The van der Waals surface area contributed by atoms with E-state index in [0.29, 0.717) is 12.3 Å². The van der Waals surface area contributed by atoms with Gasteiger partial charge in [-0.15, -0.1) is 0 Å². The van der Waals surface area contributed by atoms with Gasteiger partial charge in [-0.05, 0) is 30.0 Å². The van der Waals surface area contributed by atoms with Crippen molar-refractivity contribution >= 4 is 27.1 Å². The van der Waals surface area contributed by atoms with Crippen molar-refractivity contribution in [1.29, 1.82) is 0 Å². The number of nitrogens with two attached hydrogens (primary N) is 1. The van der Waals surface area contributed by atoms with Crippen LogP contribution >= 0.6 is 0 Å².